The van der Waals surface area contributed by atoms with Crippen molar-refractivity contribution in [2.24, 2.45) is 0 Å². The third kappa shape index (κ3) is 5.77. The first-order chi connectivity index (χ1) is 14.7. The zero-order valence-electron chi connectivity index (χ0n) is 18.5. The maximum absolute atomic E-state index is 5.98. The van der Waals surface area contributed by atoms with Crippen LogP contribution in [0.3, 0.4) is 0 Å². The molecule has 1 aliphatic heterocycles. The highest BCUT2D eigenvalue weighted by Crippen LogP contribution is 2.23. The number of aromatic nitrogens is 2. The van der Waals surface area contributed by atoms with E-state index in [4.69, 9.17) is 21.3 Å². The lowest BCUT2D eigenvalue weighted by Gasteiger charge is -2.32. The Hall–Kier alpha value is -2.04. The van der Waals surface area contributed by atoms with Gasteiger partial charge in [0.1, 0.15) is 18.2 Å². The predicted molar refractivity (Wildman–Crippen MR) is 126 cm³/mol. The average molecular weight is 428 g/mol. The van der Waals surface area contributed by atoms with E-state index < -0.39 is 0 Å². The van der Waals surface area contributed by atoms with Gasteiger partial charge in [0.15, 0.2) is 0 Å². The Bertz CT molecular complexity index is 906. The van der Waals surface area contributed by atoms with Gasteiger partial charge in [-0.25, -0.2) is 4.98 Å². The van der Waals surface area contributed by atoms with Crippen molar-refractivity contribution in [3.05, 3.63) is 59.4 Å². The molecule has 4 rings (SSSR count). The molecule has 0 spiro atoms. The molecule has 3 aromatic rings. The van der Waals surface area contributed by atoms with Crippen LogP contribution in [0.25, 0.3) is 11.0 Å². The second kappa shape index (κ2) is 11.4. The summed E-state index contributed by atoms with van der Waals surface area (Å²) < 4.78 is 8.31. The van der Waals surface area contributed by atoms with Crippen LogP contribution in [0.5, 0.6) is 5.75 Å². The first kappa shape index (κ1) is 22.6. The second-order valence-electron chi connectivity index (χ2n) is 7.68. The summed E-state index contributed by atoms with van der Waals surface area (Å²) >= 11 is 5.96. The molecule has 0 bridgehead atoms. The van der Waals surface area contributed by atoms with Gasteiger partial charge in [-0.05, 0) is 75.7 Å². The number of fused-ring (bicyclic) bond motifs is 1. The van der Waals surface area contributed by atoms with Gasteiger partial charge >= 0.3 is 0 Å². The average Bonchev–Trinajstić information content (AvgIpc) is 3.14. The Kier molecular flexibility index (Phi) is 8.59. The second-order valence-corrected chi connectivity index (χ2v) is 8.12. The molecule has 1 unspecified atom stereocenters. The molecule has 0 amide bonds. The van der Waals surface area contributed by atoms with Crippen molar-refractivity contribution in [1.29, 1.82) is 0 Å². The van der Waals surface area contributed by atoms with E-state index in [1.807, 2.05) is 44.2 Å². The van der Waals surface area contributed by atoms with Gasteiger partial charge in [0.25, 0.3) is 0 Å². The molecule has 1 atom stereocenters. The first-order valence-electron chi connectivity index (χ1n) is 11.2. The van der Waals surface area contributed by atoms with Crippen LogP contribution in [0.2, 0.25) is 5.02 Å². The molecule has 0 radical (unpaired) electrons. The normalized spacial score (nSPS) is 16.9. The summed E-state index contributed by atoms with van der Waals surface area (Å²) in [7, 11) is 2.27. The number of piperidine rings is 1. The number of nitrogens with zero attached hydrogens (tertiary/aromatic N) is 3. The van der Waals surface area contributed by atoms with Crippen LogP contribution in [0.15, 0.2) is 48.5 Å². The number of ether oxygens (including phenoxy) is 1. The lowest BCUT2D eigenvalue weighted by atomic mass is 9.99. The molecule has 0 saturated carbocycles. The molecular formula is C25H34ClN3O. The Morgan fingerprint density at radius 1 is 1.07 bits per heavy atom. The van der Waals surface area contributed by atoms with Gasteiger partial charge in [-0.15, -0.1) is 0 Å². The number of likely N-dealkylation sites (tertiary alicyclic amines) is 1. The quantitative estimate of drug-likeness (QED) is 0.427. The van der Waals surface area contributed by atoms with Gasteiger partial charge in [-0.3, -0.25) is 0 Å². The Morgan fingerprint density at radius 2 is 1.83 bits per heavy atom. The van der Waals surface area contributed by atoms with Crippen molar-refractivity contribution < 1.29 is 4.74 Å². The minimum absolute atomic E-state index is 0.458. The van der Waals surface area contributed by atoms with Gasteiger partial charge in [-0.1, -0.05) is 44.0 Å². The Morgan fingerprint density at radius 3 is 2.60 bits per heavy atom. The molecule has 4 nitrogen and oxygen atoms in total. The number of rotatable bonds is 7. The number of imidazole rings is 1. The molecule has 2 heterocycles. The fourth-order valence-electron chi connectivity index (χ4n) is 4.16. The van der Waals surface area contributed by atoms with E-state index >= 15 is 0 Å². The van der Waals surface area contributed by atoms with Gasteiger partial charge in [0.05, 0.1) is 11.0 Å². The van der Waals surface area contributed by atoms with E-state index in [1.165, 1.54) is 37.7 Å². The lowest BCUT2D eigenvalue weighted by Crippen LogP contribution is -2.36. The Balaban J connectivity index is 0.00000124. The van der Waals surface area contributed by atoms with Crippen molar-refractivity contribution in [3.63, 3.8) is 0 Å². The SMILES string of the molecule is CC.CN1CCCCC1CCCn1c(COc2ccc(Cl)cc2)nc2ccccc21. The highest BCUT2D eigenvalue weighted by molar-refractivity contribution is 6.30. The zero-order valence-corrected chi connectivity index (χ0v) is 19.2. The standard InChI is InChI=1S/C23H28ClN3O.C2H6/c1-26-15-5-4-7-19(26)8-6-16-27-22-10-3-2-9-21(22)25-23(27)17-28-20-13-11-18(24)12-14-20;1-2/h2-3,9-14,19H,4-8,15-17H2,1H3;1-2H3. The van der Waals surface area contributed by atoms with Crippen molar-refractivity contribution >= 4 is 22.6 Å². The summed E-state index contributed by atoms with van der Waals surface area (Å²) in [6.45, 7) is 6.67. The van der Waals surface area contributed by atoms with Gasteiger partial charge in [-0.2, -0.15) is 0 Å². The van der Waals surface area contributed by atoms with E-state index in [9.17, 15) is 0 Å². The highest BCUT2D eigenvalue weighted by Gasteiger charge is 2.19. The predicted octanol–water partition coefficient (Wildman–Crippen LogP) is 6.56. The van der Waals surface area contributed by atoms with Gasteiger partial charge < -0.3 is 14.2 Å². The molecular weight excluding hydrogens is 394 g/mol. The van der Waals surface area contributed by atoms with Gasteiger partial charge in [0, 0.05) is 17.6 Å². The van der Waals surface area contributed by atoms with Gasteiger partial charge in [0.2, 0.25) is 0 Å². The molecule has 0 N–H and O–H groups in total. The van der Waals surface area contributed by atoms with E-state index in [0.717, 1.165) is 36.1 Å². The van der Waals surface area contributed by atoms with Crippen LogP contribution in [-0.2, 0) is 13.2 Å². The van der Waals surface area contributed by atoms with E-state index in [1.54, 1.807) is 0 Å². The monoisotopic (exact) mass is 427 g/mol. The number of aryl methyl sites for hydroxylation is 1. The van der Waals surface area contributed by atoms with Crippen LogP contribution in [0, 0.1) is 0 Å². The molecule has 30 heavy (non-hydrogen) atoms. The zero-order chi connectivity index (χ0) is 21.3. The minimum Gasteiger partial charge on any atom is -0.486 e. The van der Waals surface area contributed by atoms with E-state index in [2.05, 4.69) is 34.7 Å². The maximum atomic E-state index is 5.98. The minimum atomic E-state index is 0.458. The molecule has 0 aliphatic carbocycles. The van der Waals surface area contributed by atoms with Crippen LogP contribution in [0.1, 0.15) is 51.8 Å². The first-order valence-corrected chi connectivity index (χ1v) is 11.6. The number of halogens is 1. The summed E-state index contributed by atoms with van der Waals surface area (Å²) in [5, 5.41) is 0.715. The van der Waals surface area contributed by atoms with Crippen LogP contribution < -0.4 is 4.74 Å². The fraction of sp³-hybridized carbons (Fsp3) is 0.480. The molecule has 1 saturated heterocycles. The van der Waals surface area contributed by atoms with E-state index in [-0.39, 0.29) is 0 Å². The number of hydrogen-bond donors (Lipinski definition) is 0. The summed E-state index contributed by atoms with van der Waals surface area (Å²) in [6, 6.07) is 16.6. The summed E-state index contributed by atoms with van der Waals surface area (Å²) in [5.74, 6) is 1.79. The lowest BCUT2D eigenvalue weighted by molar-refractivity contribution is 0.172. The number of benzene rings is 2. The summed E-state index contributed by atoms with van der Waals surface area (Å²) in [5.41, 5.74) is 2.22. The largest absolute Gasteiger partial charge is 0.486 e. The third-order valence-corrected chi connectivity index (χ3v) is 6.01. The molecule has 5 heteroatoms. The van der Waals surface area contributed by atoms with Crippen molar-refractivity contribution in [2.45, 2.75) is 65.1 Å². The van der Waals surface area contributed by atoms with Crippen LogP contribution >= 0.6 is 11.6 Å². The third-order valence-electron chi connectivity index (χ3n) is 5.76. The van der Waals surface area contributed by atoms with Crippen LogP contribution in [-0.4, -0.2) is 34.1 Å². The van der Waals surface area contributed by atoms with Crippen molar-refractivity contribution in [2.75, 3.05) is 13.6 Å². The topological polar surface area (TPSA) is 30.3 Å². The highest BCUT2D eigenvalue weighted by atomic mass is 35.5. The van der Waals surface area contributed by atoms with Crippen molar-refractivity contribution in [3.8, 4) is 5.75 Å². The van der Waals surface area contributed by atoms with Crippen molar-refractivity contribution in [1.82, 2.24) is 14.5 Å². The summed E-state index contributed by atoms with van der Waals surface area (Å²) in [6.07, 6.45) is 6.42. The maximum Gasteiger partial charge on any atom is 0.147 e. The number of hydrogen-bond acceptors (Lipinski definition) is 3. The molecule has 1 aromatic heterocycles. The molecule has 1 aliphatic rings. The fourth-order valence-corrected chi connectivity index (χ4v) is 4.28. The van der Waals surface area contributed by atoms with E-state index in [0.29, 0.717) is 11.6 Å². The molecule has 162 valence electrons. The Labute approximate surface area is 185 Å². The summed E-state index contributed by atoms with van der Waals surface area (Å²) in [4.78, 5) is 7.36. The molecule has 1 fully saturated rings. The van der Waals surface area contributed by atoms with Crippen LogP contribution in [0.4, 0.5) is 0 Å². The molecule has 2 aromatic carbocycles. The smallest absolute Gasteiger partial charge is 0.147 e. The number of para-hydroxylation sites is 2.